The van der Waals surface area contributed by atoms with Crippen molar-refractivity contribution in [1.82, 2.24) is 0 Å². The Kier molecular flexibility index (Phi) is 2.31. The number of anilines is 1. The minimum absolute atomic E-state index is 0.247. The summed E-state index contributed by atoms with van der Waals surface area (Å²) in [5.41, 5.74) is 0.986. The summed E-state index contributed by atoms with van der Waals surface area (Å²) < 4.78 is 5.74. The van der Waals surface area contributed by atoms with Gasteiger partial charge in [-0.05, 0) is 25.0 Å². The van der Waals surface area contributed by atoms with E-state index in [1.807, 2.05) is 24.3 Å². The fourth-order valence-corrected chi connectivity index (χ4v) is 2.23. The van der Waals surface area contributed by atoms with E-state index >= 15 is 0 Å². The Hall–Kier alpha value is -1.51. The number of carbonyl (C=O) groups is 1. The Morgan fingerprint density at radius 1 is 1.31 bits per heavy atom. The van der Waals surface area contributed by atoms with E-state index in [1.165, 1.54) is 6.42 Å². The highest BCUT2D eigenvalue weighted by molar-refractivity contribution is 5.87. The van der Waals surface area contributed by atoms with Crippen LogP contribution in [0.5, 0.6) is 5.75 Å². The first-order valence-corrected chi connectivity index (χ1v) is 5.88. The lowest BCUT2D eigenvalue weighted by atomic mass is 9.80. The molecule has 1 aromatic rings. The molecule has 1 N–H and O–H groups in total. The van der Waals surface area contributed by atoms with Crippen LogP contribution in [0.25, 0.3) is 0 Å². The SMILES string of the molecule is O=C(C1CCC1)C1CNc2ccccc2O1. The zero-order chi connectivity index (χ0) is 11.0. The van der Waals surface area contributed by atoms with Crippen molar-refractivity contribution in [3.63, 3.8) is 0 Å². The summed E-state index contributed by atoms with van der Waals surface area (Å²) in [4.78, 5) is 12.0. The van der Waals surface area contributed by atoms with Crippen LogP contribution in [0.4, 0.5) is 5.69 Å². The van der Waals surface area contributed by atoms with Crippen molar-refractivity contribution in [2.75, 3.05) is 11.9 Å². The van der Waals surface area contributed by atoms with Gasteiger partial charge < -0.3 is 10.1 Å². The van der Waals surface area contributed by atoms with Crippen molar-refractivity contribution in [3.8, 4) is 5.75 Å². The molecule has 0 bridgehead atoms. The van der Waals surface area contributed by atoms with E-state index in [4.69, 9.17) is 4.74 Å². The Morgan fingerprint density at radius 3 is 2.88 bits per heavy atom. The molecule has 1 fully saturated rings. The summed E-state index contributed by atoms with van der Waals surface area (Å²) in [6.45, 7) is 0.604. The van der Waals surface area contributed by atoms with E-state index in [0.29, 0.717) is 6.54 Å². The molecular weight excluding hydrogens is 202 g/mol. The number of fused-ring (bicyclic) bond motifs is 1. The van der Waals surface area contributed by atoms with Crippen LogP contribution in [0.2, 0.25) is 0 Å². The standard InChI is InChI=1S/C13H15NO2/c15-13(9-4-3-5-9)12-8-14-10-6-1-2-7-11(10)16-12/h1-2,6-7,9,12,14H,3-5,8H2. The molecule has 1 saturated carbocycles. The van der Waals surface area contributed by atoms with E-state index in [2.05, 4.69) is 5.32 Å². The van der Waals surface area contributed by atoms with Crippen LogP contribution in [0.3, 0.4) is 0 Å². The summed E-state index contributed by atoms with van der Waals surface area (Å²) in [6.07, 6.45) is 2.98. The average molecular weight is 217 g/mol. The van der Waals surface area contributed by atoms with Crippen LogP contribution in [0.15, 0.2) is 24.3 Å². The van der Waals surface area contributed by atoms with Crippen LogP contribution >= 0.6 is 0 Å². The smallest absolute Gasteiger partial charge is 0.178 e. The molecule has 0 radical (unpaired) electrons. The van der Waals surface area contributed by atoms with Gasteiger partial charge in [0.2, 0.25) is 0 Å². The van der Waals surface area contributed by atoms with Gasteiger partial charge in [-0.25, -0.2) is 0 Å². The van der Waals surface area contributed by atoms with E-state index in [0.717, 1.165) is 24.3 Å². The molecular formula is C13H15NO2. The Bertz CT molecular complexity index is 412. The number of carbonyl (C=O) groups excluding carboxylic acids is 1. The van der Waals surface area contributed by atoms with Crippen LogP contribution in [0.1, 0.15) is 19.3 Å². The molecule has 16 heavy (non-hydrogen) atoms. The molecule has 0 saturated heterocycles. The molecule has 1 aliphatic carbocycles. The third-order valence-electron chi connectivity index (χ3n) is 3.46. The Balaban J connectivity index is 1.74. The van der Waals surface area contributed by atoms with Gasteiger partial charge >= 0.3 is 0 Å². The summed E-state index contributed by atoms with van der Waals surface area (Å²) >= 11 is 0. The van der Waals surface area contributed by atoms with E-state index < -0.39 is 0 Å². The van der Waals surface area contributed by atoms with Gasteiger partial charge in [-0.15, -0.1) is 0 Å². The molecule has 1 unspecified atom stereocenters. The normalized spacial score (nSPS) is 23.6. The highest BCUT2D eigenvalue weighted by Crippen LogP contribution is 2.33. The second-order valence-corrected chi connectivity index (χ2v) is 4.51. The first kappa shape index (κ1) is 9.70. The van der Waals surface area contributed by atoms with E-state index in [-0.39, 0.29) is 17.8 Å². The van der Waals surface area contributed by atoms with Crippen molar-refractivity contribution in [3.05, 3.63) is 24.3 Å². The van der Waals surface area contributed by atoms with Gasteiger partial charge in [-0.3, -0.25) is 4.79 Å². The van der Waals surface area contributed by atoms with Gasteiger partial charge in [-0.1, -0.05) is 18.6 Å². The molecule has 0 aromatic heterocycles. The zero-order valence-electron chi connectivity index (χ0n) is 9.11. The van der Waals surface area contributed by atoms with Gasteiger partial charge in [-0.2, -0.15) is 0 Å². The minimum Gasteiger partial charge on any atom is -0.479 e. The molecule has 0 spiro atoms. The molecule has 2 aliphatic rings. The summed E-state index contributed by atoms with van der Waals surface area (Å²) in [6, 6.07) is 7.77. The maximum Gasteiger partial charge on any atom is 0.178 e. The van der Waals surface area contributed by atoms with Gasteiger partial charge in [0, 0.05) is 5.92 Å². The number of hydrogen-bond donors (Lipinski definition) is 1. The molecule has 84 valence electrons. The quantitative estimate of drug-likeness (QED) is 0.825. The number of benzene rings is 1. The van der Waals surface area contributed by atoms with Crippen molar-refractivity contribution >= 4 is 11.5 Å². The highest BCUT2D eigenvalue weighted by atomic mass is 16.5. The van der Waals surface area contributed by atoms with Gasteiger partial charge in [0.25, 0.3) is 0 Å². The van der Waals surface area contributed by atoms with E-state index in [1.54, 1.807) is 0 Å². The number of ether oxygens (including phenoxy) is 1. The molecule has 3 heteroatoms. The number of Topliss-reactive ketones (excluding diaryl/α,β-unsaturated/α-hetero) is 1. The fourth-order valence-electron chi connectivity index (χ4n) is 2.23. The summed E-state index contributed by atoms with van der Waals surface area (Å²) in [7, 11) is 0. The predicted molar refractivity (Wildman–Crippen MR) is 61.7 cm³/mol. The molecule has 1 heterocycles. The average Bonchev–Trinajstić information content (AvgIpc) is 2.26. The summed E-state index contributed by atoms with van der Waals surface area (Å²) in [5.74, 6) is 1.32. The largest absolute Gasteiger partial charge is 0.479 e. The van der Waals surface area contributed by atoms with Crippen molar-refractivity contribution in [2.45, 2.75) is 25.4 Å². The molecule has 3 rings (SSSR count). The number of para-hydroxylation sites is 2. The van der Waals surface area contributed by atoms with Crippen molar-refractivity contribution in [1.29, 1.82) is 0 Å². The maximum atomic E-state index is 12.0. The monoisotopic (exact) mass is 217 g/mol. The lowest BCUT2D eigenvalue weighted by Crippen LogP contribution is -2.42. The van der Waals surface area contributed by atoms with Gasteiger partial charge in [0.15, 0.2) is 11.9 Å². The third-order valence-corrected chi connectivity index (χ3v) is 3.46. The molecule has 1 aromatic carbocycles. The topological polar surface area (TPSA) is 38.3 Å². The number of nitrogens with one attached hydrogen (secondary N) is 1. The second kappa shape index (κ2) is 3.81. The van der Waals surface area contributed by atoms with Crippen LogP contribution in [-0.4, -0.2) is 18.4 Å². The first-order chi connectivity index (χ1) is 7.84. The summed E-state index contributed by atoms with van der Waals surface area (Å²) in [5, 5.41) is 3.25. The van der Waals surface area contributed by atoms with Crippen molar-refractivity contribution < 1.29 is 9.53 Å². The van der Waals surface area contributed by atoms with Crippen LogP contribution in [0, 0.1) is 5.92 Å². The van der Waals surface area contributed by atoms with Crippen LogP contribution in [-0.2, 0) is 4.79 Å². The molecule has 1 atom stereocenters. The number of hydrogen-bond acceptors (Lipinski definition) is 3. The third kappa shape index (κ3) is 1.56. The zero-order valence-corrected chi connectivity index (χ0v) is 9.11. The Labute approximate surface area is 94.8 Å². The van der Waals surface area contributed by atoms with Gasteiger partial charge in [0.1, 0.15) is 5.75 Å². The lowest BCUT2D eigenvalue weighted by molar-refractivity contribution is -0.131. The molecule has 3 nitrogen and oxygen atoms in total. The lowest BCUT2D eigenvalue weighted by Gasteiger charge is -2.32. The van der Waals surface area contributed by atoms with Gasteiger partial charge in [0.05, 0.1) is 12.2 Å². The number of ketones is 1. The second-order valence-electron chi connectivity index (χ2n) is 4.51. The first-order valence-electron chi connectivity index (χ1n) is 5.88. The number of rotatable bonds is 2. The molecule has 1 aliphatic heterocycles. The molecule has 0 amide bonds. The predicted octanol–water partition coefficient (Wildman–Crippen LogP) is 2.23. The maximum absolute atomic E-state index is 12.0. The van der Waals surface area contributed by atoms with Crippen LogP contribution < -0.4 is 10.1 Å². The Morgan fingerprint density at radius 2 is 2.12 bits per heavy atom. The van der Waals surface area contributed by atoms with E-state index in [9.17, 15) is 4.79 Å². The van der Waals surface area contributed by atoms with Crippen molar-refractivity contribution in [2.24, 2.45) is 5.92 Å². The minimum atomic E-state index is -0.291. The highest BCUT2D eigenvalue weighted by Gasteiger charge is 2.34. The fraction of sp³-hybridized carbons (Fsp3) is 0.462.